The second-order valence-corrected chi connectivity index (χ2v) is 7.77. The highest BCUT2D eigenvalue weighted by Crippen LogP contribution is 2.20. The van der Waals surface area contributed by atoms with Crippen LogP contribution < -0.4 is 25.9 Å². The van der Waals surface area contributed by atoms with E-state index in [4.69, 9.17) is 15.3 Å². The Kier molecular flexibility index (Phi) is 7.55. The molecule has 10 nitrogen and oxygen atoms in total. The number of amides is 3. The number of aromatic nitrogens is 3. The minimum Gasteiger partial charge on any atom is -0.497 e. The third kappa shape index (κ3) is 6.14. The summed E-state index contributed by atoms with van der Waals surface area (Å²) in [5.41, 5.74) is 2.76. The summed E-state index contributed by atoms with van der Waals surface area (Å²) in [5.74, 6) is 7.08. The number of aryl methyl sites for hydroxylation is 2. The fourth-order valence-electron chi connectivity index (χ4n) is 2.62. The highest BCUT2D eigenvalue weighted by Gasteiger charge is 2.14. The molecule has 1 heterocycles. The van der Waals surface area contributed by atoms with Crippen LogP contribution in [0.15, 0.2) is 47.6 Å². The van der Waals surface area contributed by atoms with E-state index in [0.717, 1.165) is 22.9 Å². The fourth-order valence-corrected chi connectivity index (χ4v) is 3.29. The number of imide groups is 1. The van der Waals surface area contributed by atoms with Crippen LogP contribution in [0.1, 0.15) is 17.0 Å². The molecule has 0 aliphatic carbocycles. The number of methoxy groups -OCH3 is 1. The quantitative estimate of drug-likeness (QED) is 0.348. The lowest BCUT2D eigenvalue weighted by Gasteiger charge is -2.09. The van der Waals surface area contributed by atoms with Crippen molar-refractivity contribution in [2.24, 2.45) is 0 Å². The first kappa shape index (κ1) is 22.9. The van der Waals surface area contributed by atoms with Gasteiger partial charge in [0.15, 0.2) is 5.82 Å². The smallest absolute Gasteiger partial charge is 0.325 e. The number of thioether (sulfide) groups is 1. The molecule has 3 aromatic rings. The van der Waals surface area contributed by atoms with Crippen LogP contribution >= 0.6 is 11.8 Å². The number of nitrogens with two attached hydrogens (primary N) is 1. The number of anilines is 1. The Morgan fingerprint density at radius 2 is 1.88 bits per heavy atom. The zero-order chi connectivity index (χ0) is 23.1. The molecule has 168 valence electrons. The number of nitrogens with one attached hydrogen (secondary N) is 2. The van der Waals surface area contributed by atoms with Crippen molar-refractivity contribution in [3.05, 3.63) is 59.4 Å². The van der Waals surface area contributed by atoms with E-state index in [2.05, 4.69) is 20.8 Å². The lowest BCUT2D eigenvalue weighted by molar-refractivity contribution is -0.117. The van der Waals surface area contributed by atoms with Crippen LogP contribution in [0.25, 0.3) is 0 Å². The van der Waals surface area contributed by atoms with Crippen LogP contribution in [0.3, 0.4) is 0 Å². The van der Waals surface area contributed by atoms with Crippen LogP contribution in [0.5, 0.6) is 11.5 Å². The Labute approximate surface area is 189 Å². The van der Waals surface area contributed by atoms with E-state index in [1.54, 1.807) is 37.4 Å². The summed E-state index contributed by atoms with van der Waals surface area (Å²) >= 11 is 1.05. The number of rotatable bonds is 8. The number of hydrogen-bond acceptors (Lipinski definition) is 8. The molecular formula is C21H24N6O4S. The monoisotopic (exact) mass is 456 g/mol. The zero-order valence-corrected chi connectivity index (χ0v) is 18.7. The highest BCUT2D eigenvalue weighted by molar-refractivity contribution is 7.99. The molecule has 0 aliphatic heterocycles. The molecule has 0 atom stereocenters. The minimum atomic E-state index is -0.611. The molecule has 0 radical (unpaired) electrons. The Balaban J connectivity index is 1.47. The van der Waals surface area contributed by atoms with Crippen molar-refractivity contribution in [3.63, 3.8) is 0 Å². The summed E-state index contributed by atoms with van der Waals surface area (Å²) in [6, 6.07) is 12.0. The molecule has 0 spiro atoms. The van der Waals surface area contributed by atoms with Gasteiger partial charge in [-0.3, -0.25) is 10.1 Å². The third-order valence-electron chi connectivity index (χ3n) is 4.49. The van der Waals surface area contributed by atoms with E-state index >= 15 is 0 Å². The fraction of sp³-hybridized carbons (Fsp3) is 0.238. The molecule has 1 aromatic heterocycles. The Hall–Kier alpha value is -3.73. The number of benzene rings is 2. The molecule has 0 bridgehead atoms. The molecule has 2 aromatic carbocycles. The minimum absolute atomic E-state index is 0.0631. The van der Waals surface area contributed by atoms with Gasteiger partial charge in [-0.25, -0.2) is 9.47 Å². The van der Waals surface area contributed by atoms with Crippen LogP contribution in [-0.2, 0) is 11.4 Å². The van der Waals surface area contributed by atoms with Crippen LogP contribution in [0.2, 0.25) is 0 Å². The van der Waals surface area contributed by atoms with E-state index in [-0.39, 0.29) is 12.4 Å². The van der Waals surface area contributed by atoms with E-state index < -0.39 is 11.9 Å². The predicted molar refractivity (Wildman–Crippen MR) is 121 cm³/mol. The standard InChI is InChI=1S/C21H24N6O4S/c1-13-7-8-15(9-14(13)2)23-20(29)24-19(28)12-32-21-26-25-18(27(21)22)11-31-17-6-4-5-16(10-17)30-3/h4-10H,11-12,22H2,1-3H3,(H2,23,24,28,29). The SMILES string of the molecule is COc1cccc(OCc2nnc(SCC(=O)NC(=O)Nc3ccc(C)c(C)c3)n2N)c1. The van der Waals surface area contributed by atoms with Crippen molar-refractivity contribution >= 4 is 29.4 Å². The second kappa shape index (κ2) is 10.5. The van der Waals surface area contributed by atoms with E-state index in [1.165, 1.54) is 4.68 Å². The molecule has 0 fully saturated rings. The second-order valence-electron chi connectivity index (χ2n) is 6.83. The summed E-state index contributed by atoms with van der Waals surface area (Å²) < 4.78 is 12.0. The summed E-state index contributed by atoms with van der Waals surface area (Å²) in [4.78, 5) is 24.1. The molecule has 3 amide bonds. The molecule has 3 rings (SSSR count). The van der Waals surface area contributed by atoms with Crippen molar-refractivity contribution < 1.29 is 19.1 Å². The van der Waals surface area contributed by atoms with Gasteiger partial charge in [0.1, 0.15) is 18.1 Å². The van der Waals surface area contributed by atoms with Gasteiger partial charge in [0.25, 0.3) is 0 Å². The first-order valence-corrected chi connectivity index (χ1v) is 10.6. The Bertz CT molecular complexity index is 1120. The summed E-state index contributed by atoms with van der Waals surface area (Å²) in [7, 11) is 1.57. The number of nitrogens with zero attached hydrogens (tertiary/aromatic N) is 3. The van der Waals surface area contributed by atoms with Gasteiger partial charge in [-0.05, 0) is 49.2 Å². The van der Waals surface area contributed by atoms with Gasteiger partial charge < -0.3 is 20.6 Å². The first-order chi connectivity index (χ1) is 15.4. The summed E-state index contributed by atoms with van der Waals surface area (Å²) in [6.07, 6.45) is 0. The highest BCUT2D eigenvalue weighted by atomic mass is 32.2. The molecule has 0 aliphatic rings. The largest absolute Gasteiger partial charge is 0.497 e. The maximum absolute atomic E-state index is 12.1. The number of hydrogen-bond donors (Lipinski definition) is 3. The topological polar surface area (TPSA) is 133 Å². The average Bonchev–Trinajstić information content (AvgIpc) is 3.12. The maximum atomic E-state index is 12.1. The van der Waals surface area contributed by atoms with Crippen molar-refractivity contribution in [2.75, 3.05) is 24.0 Å². The summed E-state index contributed by atoms with van der Waals surface area (Å²) in [6.45, 7) is 4.01. The number of carbonyl (C=O) groups is 2. The van der Waals surface area contributed by atoms with Gasteiger partial charge in [-0.15, -0.1) is 10.2 Å². The molecular weight excluding hydrogens is 432 g/mol. The van der Waals surface area contributed by atoms with E-state index in [0.29, 0.717) is 28.2 Å². The molecule has 4 N–H and O–H groups in total. The first-order valence-electron chi connectivity index (χ1n) is 9.63. The Morgan fingerprint density at radius 1 is 1.09 bits per heavy atom. The van der Waals surface area contributed by atoms with Crippen molar-refractivity contribution in [1.82, 2.24) is 20.2 Å². The van der Waals surface area contributed by atoms with Gasteiger partial charge in [-0.1, -0.05) is 23.9 Å². The van der Waals surface area contributed by atoms with Crippen LogP contribution in [-0.4, -0.2) is 39.7 Å². The Morgan fingerprint density at radius 3 is 2.62 bits per heavy atom. The molecule has 0 saturated carbocycles. The van der Waals surface area contributed by atoms with E-state index in [1.807, 2.05) is 26.0 Å². The number of ether oxygens (including phenoxy) is 2. The van der Waals surface area contributed by atoms with Crippen LogP contribution in [0.4, 0.5) is 10.5 Å². The molecule has 11 heteroatoms. The molecule has 0 saturated heterocycles. The normalized spacial score (nSPS) is 10.5. The van der Waals surface area contributed by atoms with Gasteiger partial charge in [-0.2, -0.15) is 0 Å². The zero-order valence-electron chi connectivity index (χ0n) is 17.9. The van der Waals surface area contributed by atoms with Crippen molar-refractivity contribution in [1.29, 1.82) is 0 Å². The maximum Gasteiger partial charge on any atom is 0.325 e. The van der Waals surface area contributed by atoms with Gasteiger partial charge in [0, 0.05) is 11.8 Å². The molecule has 32 heavy (non-hydrogen) atoms. The van der Waals surface area contributed by atoms with Crippen molar-refractivity contribution in [2.45, 2.75) is 25.6 Å². The third-order valence-corrected chi connectivity index (χ3v) is 5.44. The lowest BCUT2D eigenvalue weighted by Crippen LogP contribution is -2.35. The van der Waals surface area contributed by atoms with Gasteiger partial charge in [0.05, 0.1) is 12.9 Å². The van der Waals surface area contributed by atoms with E-state index in [9.17, 15) is 9.59 Å². The number of carbonyl (C=O) groups excluding carboxylic acids is 2. The van der Waals surface area contributed by atoms with Crippen molar-refractivity contribution in [3.8, 4) is 11.5 Å². The number of urea groups is 1. The lowest BCUT2D eigenvalue weighted by atomic mass is 10.1. The average molecular weight is 457 g/mol. The predicted octanol–water partition coefficient (Wildman–Crippen LogP) is 2.64. The van der Waals surface area contributed by atoms with Gasteiger partial charge >= 0.3 is 6.03 Å². The molecule has 0 unspecified atom stereocenters. The number of nitrogen functional groups attached to an aromatic ring is 1. The van der Waals surface area contributed by atoms with Crippen LogP contribution in [0, 0.1) is 13.8 Å². The summed E-state index contributed by atoms with van der Waals surface area (Å²) in [5, 5.41) is 13.2. The van der Waals surface area contributed by atoms with Gasteiger partial charge in [0.2, 0.25) is 11.1 Å².